The maximum absolute atomic E-state index is 10.9. The molecule has 0 aliphatic heterocycles. The molecule has 0 saturated heterocycles. The van der Waals surface area contributed by atoms with Crippen molar-refractivity contribution in [3.8, 4) is 11.5 Å². The zero-order chi connectivity index (χ0) is 19.1. The van der Waals surface area contributed by atoms with Gasteiger partial charge in [0.25, 0.3) is 11.6 Å². The van der Waals surface area contributed by atoms with E-state index in [4.69, 9.17) is 15.2 Å². The molecule has 2 aromatic carbocycles. The largest absolute Gasteiger partial charge is 0.490 e. The van der Waals surface area contributed by atoms with Crippen LogP contribution < -0.4 is 15.2 Å². The maximum atomic E-state index is 10.9. The van der Waals surface area contributed by atoms with Crippen molar-refractivity contribution in [1.82, 2.24) is 0 Å². The number of carbonyl (C=O) groups excluding carboxylic acids is 1. The Morgan fingerprint density at radius 3 is 2.58 bits per heavy atom. The standard InChI is InChI=1S/C17H16IN3O5/c1-2-25-15-8-11(7-14(18)17(15)26-10-16(19)22)9-20-12-3-5-13(6-4-12)21(23)24/h3-9H,2,10H2,1H3,(H2,19,22). The summed E-state index contributed by atoms with van der Waals surface area (Å²) < 4.78 is 11.7. The SMILES string of the molecule is CCOc1cc(C=Nc2ccc([N+](=O)[O-])cc2)cc(I)c1OCC(N)=O. The molecule has 0 unspecified atom stereocenters. The Labute approximate surface area is 163 Å². The Bertz CT molecular complexity index is 837. The van der Waals surface area contributed by atoms with Gasteiger partial charge in [0, 0.05) is 18.3 Å². The zero-order valence-electron chi connectivity index (χ0n) is 13.8. The molecule has 2 aromatic rings. The number of hydrogen-bond acceptors (Lipinski definition) is 6. The minimum absolute atomic E-state index is 0.00748. The van der Waals surface area contributed by atoms with Crippen LogP contribution in [0, 0.1) is 13.7 Å². The molecule has 1 amide bonds. The molecule has 0 aliphatic rings. The third-order valence-corrected chi connectivity index (χ3v) is 3.91. The van der Waals surface area contributed by atoms with Gasteiger partial charge in [0.1, 0.15) is 0 Å². The lowest BCUT2D eigenvalue weighted by atomic mass is 10.2. The van der Waals surface area contributed by atoms with Crippen LogP contribution in [0.25, 0.3) is 0 Å². The van der Waals surface area contributed by atoms with Gasteiger partial charge in [0.2, 0.25) is 0 Å². The van der Waals surface area contributed by atoms with Gasteiger partial charge < -0.3 is 15.2 Å². The van der Waals surface area contributed by atoms with E-state index in [9.17, 15) is 14.9 Å². The number of nitrogens with two attached hydrogens (primary N) is 1. The van der Waals surface area contributed by atoms with Crippen LogP contribution in [-0.2, 0) is 4.79 Å². The average Bonchev–Trinajstić information content (AvgIpc) is 2.59. The number of primary amides is 1. The number of ether oxygens (including phenoxy) is 2. The van der Waals surface area contributed by atoms with Gasteiger partial charge in [-0.25, -0.2) is 0 Å². The molecule has 0 atom stereocenters. The Hall–Kier alpha value is -2.69. The first-order valence-corrected chi connectivity index (χ1v) is 8.64. The van der Waals surface area contributed by atoms with Crippen LogP contribution in [0.1, 0.15) is 12.5 Å². The van der Waals surface area contributed by atoms with Crippen LogP contribution >= 0.6 is 22.6 Å². The molecule has 0 aliphatic carbocycles. The predicted molar refractivity (Wildman–Crippen MR) is 105 cm³/mol. The second kappa shape index (κ2) is 9.13. The summed E-state index contributed by atoms with van der Waals surface area (Å²) in [6.07, 6.45) is 1.61. The molecule has 0 bridgehead atoms. The van der Waals surface area contributed by atoms with Gasteiger partial charge in [0.05, 0.1) is 20.8 Å². The van der Waals surface area contributed by atoms with Crippen molar-refractivity contribution in [2.75, 3.05) is 13.2 Å². The number of carbonyl (C=O) groups is 1. The monoisotopic (exact) mass is 469 g/mol. The smallest absolute Gasteiger partial charge is 0.269 e. The van der Waals surface area contributed by atoms with Crippen LogP contribution in [0.15, 0.2) is 41.4 Å². The van der Waals surface area contributed by atoms with E-state index in [0.29, 0.717) is 23.8 Å². The number of nitro groups is 1. The van der Waals surface area contributed by atoms with Crippen LogP contribution in [0.3, 0.4) is 0 Å². The summed E-state index contributed by atoms with van der Waals surface area (Å²) in [5, 5.41) is 10.7. The first-order chi connectivity index (χ1) is 12.4. The minimum atomic E-state index is -0.577. The van der Waals surface area contributed by atoms with Crippen molar-refractivity contribution in [2.45, 2.75) is 6.92 Å². The number of benzene rings is 2. The van der Waals surface area contributed by atoms with E-state index in [0.717, 1.165) is 9.13 Å². The molecule has 2 N–H and O–H groups in total. The summed E-state index contributed by atoms with van der Waals surface area (Å²) in [6.45, 7) is 2.01. The first kappa shape index (κ1) is 19.6. The highest BCUT2D eigenvalue weighted by Crippen LogP contribution is 2.34. The fraction of sp³-hybridized carbons (Fsp3) is 0.176. The lowest BCUT2D eigenvalue weighted by molar-refractivity contribution is -0.384. The Kier molecular flexibility index (Phi) is 6.89. The molecule has 0 aromatic heterocycles. The molecule has 136 valence electrons. The van der Waals surface area contributed by atoms with Gasteiger partial charge in [-0.15, -0.1) is 0 Å². The van der Waals surface area contributed by atoms with Gasteiger partial charge in [-0.05, 0) is 59.3 Å². The van der Waals surface area contributed by atoms with Crippen LogP contribution in [-0.4, -0.2) is 30.3 Å². The van der Waals surface area contributed by atoms with Gasteiger partial charge >= 0.3 is 0 Å². The Balaban J connectivity index is 2.25. The first-order valence-electron chi connectivity index (χ1n) is 7.56. The van der Waals surface area contributed by atoms with Crippen LogP contribution in [0.4, 0.5) is 11.4 Å². The number of non-ortho nitro benzene ring substituents is 1. The molecule has 2 rings (SSSR count). The minimum Gasteiger partial charge on any atom is -0.490 e. The van der Waals surface area contributed by atoms with Gasteiger partial charge in [0.15, 0.2) is 18.1 Å². The van der Waals surface area contributed by atoms with Crippen molar-refractivity contribution in [1.29, 1.82) is 0 Å². The van der Waals surface area contributed by atoms with E-state index >= 15 is 0 Å². The quantitative estimate of drug-likeness (QED) is 0.276. The van der Waals surface area contributed by atoms with E-state index in [1.807, 2.05) is 13.0 Å². The third-order valence-electron chi connectivity index (χ3n) is 3.11. The second-order valence-electron chi connectivity index (χ2n) is 5.05. The van der Waals surface area contributed by atoms with Gasteiger partial charge in [-0.1, -0.05) is 0 Å². The summed E-state index contributed by atoms with van der Waals surface area (Å²) in [5.41, 5.74) is 6.46. The molecule has 26 heavy (non-hydrogen) atoms. The van der Waals surface area contributed by atoms with E-state index in [1.54, 1.807) is 24.4 Å². The molecule has 0 fully saturated rings. The third kappa shape index (κ3) is 5.41. The number of amides is 1. The van der Waals surface area contributed by atoms with E-state index in [1.165, 1.54) is 12.1 Å². The molecule has 8 nitrogen and oxygen atoms in total. The lowest BCUT2D eigenvalue weighted by Gasteiger charge is -2.13. The van der Waals surface area contributed by atoms with Crippen molar-refractivity contribution >= 4 is 46.1 Å². The number of aliphatic imine (C=N–C) groups is 1. The lowest BCUT2D eigenvalue weighted by Crippen LogP contribution is -2.20. The Morgan fingerprint density at radius 2 is 2.00 bits per heavy atom. The summed E-state index contributed by atoms with van der Waals surface area (Å²) in [5.74, 6) is 0.344. The summed E-state index contributed by atoms with van der Waals surface area (Å²) in [7, 11) is 0. The maximum Gasteiger partial charge on any atom is 0.269 e. The van der Waals surface area contributed by atoms with Gasteiger partial charge in [-0.3, -0.25) is 19.9 Å². The van der Waals surface area contributed by atoms with Crippen LogP contribution in [0.2, 0.25) is 0 Å². The van der Waals surface area contributed by atoms with Crippen molar-refractivity contribution < 1.29 is 19.2 Å². The second-order valence-corrected chi connectivity index (χ2v) is 6.21. The van der Waals surface area contributed by atoms with Crippen LogP contribution in [0.5, 0.6) is 11.5 Å². The van der Waals surface area contributed by atoms with Crippen molar-refractivity contribution in [3.05, 3.63) is 55.6 Å². The summed E-state index contributed by atoms with van der Waals surface area (Å²) in [4.78, 5) is 25.4. The van der Waals surface area contributed by atoms with E-state index in [-0.39, 0.29) is 12.3 Å². The summed E-state index contributed by atoms with van der Waals surface area (Å²) in [6, 6.07) is 9.46. The number of halogens is 1. The highest BCUT2D eigenvalue weighted by atomic mass is 127. The number of nitrogens with zero attached hydrogens (tertiary/aromatic N) is 2. The fourth-order valence-electron chi connectivity index (χ4n) is 2.02. The molecular formula is C17H16IN3O5. The van der Waals surface area contributed by atoms with Crippen molar-refractivity contribution in [3.63, 3.8) is 0 Å². The number of nitro benzene ring substituents is 1. The average molecular weight is 469 g/mol. The molecular weight excluding hydrogens is 453 g/mol. The molecule has 0 radical (unpaired) electrons. The molecule has 0 saturated carbocycles. The predicted octanol–water partition coefficient (Wildman–Crippen LogP) is 3.21. The fourth-order valence-corrected chi connectivity index (χ4v) is 2.80. The summed E-state index contributed by atoms with van der Waals surface area (Å²) >= 11 is 2.07. The normalized spacial score (nSPS) is 10.7. The molecule has 9 heteroatoms. The zero-order valence-corrected chi connectivity index (χ0v) is 16.0. The highest BCUT2D eigenvalue weighted by molar-refractivity contribution is 14.1. The topological polar surface area (TPSA) is 117 Å². The number of hydrogen-bond donors (Lipinski definition) is 1. The van der Waals surface area contributed by atoms with Crippen molar-refractivity contribution in [2.24, 2.45) is 10.7 Å². The number of rotatable bonds is 8. The van der Waals surface area contributed by atoms with E-state index < -0.39 is 10.8 Å². The van der Waals surface area contributed by atoms with Gasteiger partial charge in [-0.2, -0.15) is 0 Å². The highest BCUT2D eigenvalue weighted by Gasteiger charge is 2.13. The molecule has 0 heterocycles. The Morgan fingerprint density at radius 1 is 1.31 bits per heavy atom. The van der Waals surface area contributed by atoms with E-state index in [2.05, 4.69) is 27.6 Å². The molecule has 0 spiro atoms.